The summed E-state index contributed by atoms with van der Waals surface area (Å²) in [5.41, 5.74) is 2.24. The lowest BCUT2D eigenvalue weighted by atomic mass is 10.2. The SMILES string of the molecule is COc1ccc(NC(=S)N2CCC[NH+](Cc3ccccc3)C2)cc1Cl. The van der Waals surface area contributed by atoms with Crippen LogP contribution in [0.5, 0.6) is 5.75 Å². The van der Waals surface area contributed by atoms with Crippen LogP contribution in [0.25, 0.3) is 0 Å². The highest BCUT2D eigenvalue weighted by molar-refractivity contribution is 7.80. The minimum Gasteiger partial charge on any atom is -0.495 e. The first-order chi connectivity index (χ1) is 12.2. The quantitative estimate of drug-likeness (QED) is 0.803. The van der Waals surface area contributed by atoms with E-state index in [2.05, 4.69) is 40.5 Å². The maximum atomic E-state index is 6.19. The van der Waals surface area contributed by atoms with Crippen molar-refractivity contribution in [3.63, 3.8) is 0 Å². The molecule has 1 fully saturated rings. The molecule has 1 heterocycles. The number of thiocarbonyl (C=S) groups is 1. The lowest BCUT2D eigenvalue weighted by molar-refractivity contribution is -0.927. The van der Waals surface area contributed by atoms with Crippen LogP contribution in [0.1, 0.15) is 12.0 Å². The Hall–Kier alpha value is -1.82. The van der Waals surface area contributed by atoms with E-state index in [-0.39, 0.29) is 0 Å². The molecule has 1 aliphatic heterocycles. The number of anilines is 1. The van der Waals surface area contributed by atoms with Gasteiger partial charge in [-0.25, -0.2) is 0 Å². The summed E-state index contributed by atoms with van der Waals surface area (Å²) < 4.78 is 5.19. The van der Waals surface area contributed by atoms with Crippen molar-refractivity contribution in [3.8, 4) is 5.75 Å². The van der Waals surface area contributed by atoms with E-state index >= 15 is 0 Å². The topological polar surface area (TPSA) is 28.9 Å². The van der Waals surface area contributed by atoms with Gasteiger partial charge in [0.15, 0.2) is 11.8 Å². The number of halogens is 1. The molecule has 0 aromatic heterocycles. The molecule has 2 aromatic carbocycles. The van der Waals surface area contributed by atoms with Gasteiger partial charge < -0.3 is 19.9 Å². The molecule has 0 radical (unpaired) electrons. The van der Waals surface area contributed by atoms with Crippen LogP contribution in [-0.4, -0.2) is 36.9 Å². The van der Waals surface area contributed by atoms with Crippen molar-refractivity contribution < 1.29 is 9.64 Å². The number of hydrogen-bond donors (Lipinski definition) is 2. The first kappa shape index (κ1) is 18.0. The first-order valence-electron chi connectivity index (χ1n) is 8.42. The normalized spacial score (nSPS) is 17.2. The van der Waals surface area contributed by atoms with Gasteiger partial charge in [0.2, 0.25) is 0 Å². The molecule has 0 amide bonds. The van der Waals surface area contributed by atoms with Gasteiger partial charge in [0, 0.05) is 24.2 Å². The van der Waals surface area contributed by atoms with Gasteiger partial charge in [-0.3, -0.25) is 0 Å². The van der Waals surface area contributed by atoms with Gasteiger partial charge in [-0.1, -0.05) is 41.9 Å². The molecule has 0 saturated carbocycles. The Balaban J connectivity index is 1.59. The first-order valence-corrected chi connectivity index (χ1v) is 9.21. The Labute approximate surface area is 159 Å². The van der Waals surface area contributed by atoms with Crippen molar-refractivity contribution >= 4 is 34.6 Å². The number of quaternary nitrogens is 1. The van der Waals surface area contributed by atoms with Crippen LogP contribution in [0.15, 0.2) is 48.5 Å². The summed E-state index contributed by atoms with van der Waals surface area (Å²) in [6.07, 6.45) is 1.13. The lowest BCUT2D eigenvalue weighted by Crippen LogP contribution is -3.13. The summed E-state index contributed by atoms with van der Waals surface area (Å²) in [7, 11) is 1.61. The molecule has 1 unspecified atom stereocenters. The molecule has 2 aromatic rings. The van der Waals surface area contributed by atoms with Gasteiger partial charge in [0.25, 0.3) is 0 Å². The van der Waals surface area contributed by atoms with Crippen molar-refractivity contribution in [2.75, 3.05) is 32.2 Å². The fourth-order valence-electron chi connectivity index (χ4n) is 3.10. The van der Waals surface area contributed by atoms with Gasteiger partial charge in [0.1, 0.15) is 12.3 Å². The number of hydrogen-bond acceptors (Lipinski definition) is 2. The van der Waals surface area contributed by atoms with Crippen molar-refractivity contribution in [1.82, 2.24) is 4.90 Å². The number of rotatable bonds is 4. The van der Waals surface area contributed by atoms with E-state index in [9.17, 15) is 0 Å². The van der Waals surface area contributed by atoms with E-state index in [0.29, 0.717) is 10.8 Å². The molecule has 132 valence electrons. The van der Waals surface area contributed by atoms with Gasteiger partial charge >= 0.3 is 0 Å². The molecule has 1 aliphatic rings. The number of nitrogens with one attached hydrogen (secondary N) is 2. The van der Waals surface area contributed by atoms with E-state index in [1.54, 1.807) is 7.11 Å². The highest BCUT2D eigenvalue weighted by Crippen LogP contribution is 2.27. The highest BCUT2D eigenvalue weighted by atomic mass is 35.5. The van der Waals surface area contributed by atoms with Crippen molar-refractivity contribution in [2.24, 2.45) is 0 Å². The van der Waals surface area contributed by atoms with Crippen molar-refractivity contribution in [3.05, 3.63) is 59.1 Å². The third kappa shape index (κ3) is 4.84. The lowest BCUT2D eigenvalue weighted by Gasteiger charge is -2.34. The average Bonchev–Trinajstić information content (AvgIpc) is 2.63. The molecule has 6 heteroatoms. The standard InChI is InChI=1S/C19H22ClN3OS/c1-24-18-9-8-16(12-17(18)20)21-19(25)23-11-5-10-22(14-23)13-15-6-3-2-4-7-15/h2-4,6-9,12H,5,10-11,13-14H2,1H3,(H,21,25)/p+1. The summed E-state index contributed by atoms with van der Waals surface area (Å²) in [6.45, 7) is 4.08. The summed E-state index contributed by atoms with van der Waals surface area (Å²) >= 11 is 11.8. The fraction of sp³-hybridized carbons (Fsp3) is 0.316. The van der Waals surface area contributed by atoms with Crippen LogP contribution >= 0.6 is 23.8 Å². The summed E-state index contributed by atoms with van der Waals surface area (Å²) in [5.74, 6) is 0.662. The maximum absolute atomic E-state index is 6.19. The third-order valence-electron chi connectivity index (χ3n) is 4.36. The number of nitrogens with zero attached hydrogens (tertiary/aromatic N) is 1. The Kier molecular flexibility index (Phi) is 6.13. The molecule has 3 rings (SSSR count). The number of ether oxygens (including phenoxy) is 1. The second-order valence-electron chi connectivity index (χ2n) is 6.22. The molecule has 25 heavy (non-hydrogen) atoms. The Morgan fingerprint density at radius 1 is 1.28 bits per heavy atom. The zero-order chi connectivity index (χ0) is 17.6. The van der Waals surface area contributed by atoms with Crippen LogP contribution in [0.2, 0.25) is 5.02 Å². The van der Waals surface area contributed by atoms with Crippen LogP contribution in [0.3, 0.4) is 0 Å². The van der Waals surface area contributed by atoms with Gasteiger partial charge in [-0.15, -0.1) is 0 Å². The molecule has 4 nitrogen and oxygen atoms in total. The molecule has 1 atom stereocenters. The zero-order valence-corrected chi connectivity index (χ0v) is 15.9. The maximum Gasteiger partial charge on any atom is 0.177 e. The van der Waals surface area contributed by atoms with Crippen LogP contribution < -0.4 is 15.0 Å². The summed E-state index contributed by atoms with van der Waals surface area (Å²) in [4.78, 5) is 3.75. The Morgan fingerprint density at radius 3 is 2.80 bits per heavy atom. The van der Waals surface area contributed by atoms with E-state index in [1.807, 2.05) is 18.2 Å². The van der Waals surface area contributed by atoms with Crippen molar-refractivity contribution in [2.45, 2.75) is 13.0 Å². The highest BCUT2D eigenvalue weighted by Gasteiger charge is 2.22. The largest absolute Gasteiger partial charge is 0.495 e. The van der Waals surface area contributed by atoms with E-state index < -0.39 is 0 Å². The Morgan fingerprint density at radius 2 is 2.08 bits per heavy atom. The van der Waals surface area contributed by atoms with Crippen molar-refractivity contribution in [1.29, 1.82) is 0 Å². The predicted octanol–water partition coefficient (Wildman–Crippen LogP) is 2.79. The zero-order valence-electron chi connectivity index (χ0n) is 14.3. The van der Waals surface area contributed by atoms with Crippen LogP contribution in [0, 0.1) is 0 Å². The summed E-state index contributed by atoms with van der Waals surface area (Å²) in [6, 6.07) is 16.2. The van der Waals surface area contributed by atoms with E-state index in [4.69, 9.17) is 28.6 Å². The van der Waals surface area contributed by atoms with Crippen LogP contribution in [-0.2, 0) is 6.54 Å². The van der Waals surface area contributed by atoms with Gasteiger partial charge in [0.05, 0.1) is 18.7 Å². The average molecular weight is 377 g/mol. The van der Waals surface area contributed by atoms with Crippen LogP contribution in [0.4, 0.5) is 5.69 Å². The summed E-state index contributed by atoms with van der Waals surface area (Å²) in [5, 5.41) is 4.61. The van der Waals surface area contributed by atoms with E-state index in [0.717, 1.165) is 37.0 Å². The molecule has 1 saturated heterocycles. The minimum absolute atomic E-state index is 0.574. The molecule has 0 bridgehead atoms. The fourth-order valence-corrected chi connectivity index (χ4v) is 3.63. The monoisotopic (exact) mass is 376 g/mol. The minimum atomic E-state index is 0.574. The second kappa shape index (κ2) is 8.52. The van der Waals surface area contributed by atoms with Gasteiger partial charge in [-0.05, 0) is 30.4 Å². The van der Waals surface area contributed by atoms with E-state index in [1.165, 1.54) is 17.0 Å². The third-order valence-corrected chi connectivity index (χ3v) is 5.02. The molecule has 0 aliphatic carbocycles. The molecular weight excluding hydrogens is 354 g/mol. The number of benzene rings is 2. The predicted molar refractivity (Wildman–Crippen MR) is 106 cm³/mol. The molecule has 2 N–H and O–H groups in total. The second-order valence-corrected chi connectivity index (χ2v) is 7.01. The smallest absolute Gasteiger partial charge is 0.177 e. The molecular formula is C19H23ClN3OS+. The molecule has 0 spiro atoms. The van der Waals surface area contributed by atoms with Gasteiger partial charge in [-0.2, -0.15) is 0 Å². The Bertz CT molecular complexity index is 726. The number of methoxy groups -OCH3 is 1.